The van der Waals surface area contributed by atoms with Gasteiger partial charge in [-0.25, -0.2) is 19.2 Å². The molecule has 26 heteroatoms. The molecule has 732 valence electrons. The number of ether oxygens (including phenoxy) is 4. The Kier molecular flexibility index (Phi) is 50.6. The molecule has 8 rings (SSSR count). The summed E-state index contributed by atoms with van der Waals surface area (Å²) >= 11 is 13.3. The molecule has 0 saturated carbocycles. The number of hydrogen-bond acceptors (Lipinski definition) is 20. The average Bonchev–Trinajstić information content (AvgIpc) is 0.797. The molecular formula is C108H150Cl2N8O16. The molecule has 0 fully saturated rings. The van der Waals surface area contributed by atoms with Crippen molar-refractivity contribution in [2.24, 2.45) is 20.6 Å². The Labute approximate surface area is 808 Å². The zero-order valence-electron chi connectivity index (χ0n) is 84.2. The highest BCUT2D eigenvalue weighted by molar-refractivity contribution is 6.33. The van der Waals surface area contributed by atoms with Gasteiger partial charge in [0.05, 0.1) is 71.5 Å². The minimum absolute atomic E-state index is 0.0636. The first-order valence-corrected chi connectivity index (χ1v) is 48.1. The number of carbonyl (C=O) groups excluding carboxylic acids is 8. The van der Waals surface area contributed by atoms with E-state index in [0.29, 0.717) is 131 Å². The molecule has 4 aromatic rings. The van der Waals surface area contributed by atoms with Gasteiger partial charge >= 0.3 is 23.9 Å². The molecule has 0 N–H and O–H groups in total. The lowest BCUT2D eigenvalue weighted by Crippen LogP contribution is -2.43. The first-order chi connectivity index (χ1) is 63.7. The minimum atomic E-state index is -0.399. The summed E-state index contributed by atoms with van der Waals surface area (Å²) in [6, 6.07) is 12.3. The Balaban J connectivity index is 0.000000316. The summed E-state index contributed by atoms with van der Waals surface area (Å²) in [6.45, 7) is 47.8. The molecule has 24 nitrogen and oxygen atoms in total. The summed E-state index contributed by atoms with van der Waals surface area (Å²) < 4.78 is 22.1. The minimum Gasteiger partial charge on any atom is -0.462 e. The predicted molar refractivity (Wildman–Crippen MR) is 540 cm³/mol. The van der Waals surface area contributed by atoms with Gasteiger partial charge in [0.2, 0.25) is 0 Å². The molecule has 0 aromatic heterocycles. The predicted octanol–water partition coefficient (Wildman–Crippen LogP) is 22.6. The molecule has 0 atom stereocenters. The molecule has 4 heterocycles. The van der Waals surface area contributed by atoms with Crippen LogP contribution in [0.1, 0.15) is 296 Å². The third-order valence-electron chi connectivity index (χ3n) is 21.9. The number of hydrogen-bond donors (Lipinski definition) is 0. The van der Waals surface area contributed by atoms with Crippen LogP contribution in [-0.2, 0) is 83.2 Å². The first-order valence-electron chi connectivity index (χ1n) is 47.4. The third-order valence-corrected chi connectivity index (χ3v) is 23.0. The fourth-order valence-electron chi connectivity index (χ4n) is 16.6. The van der Waals surface area contributed by atoms with E-state index in [1.807, 2.05) is 263 Å². The summed E-state index contributed by atoms with van der Waals surface area (Å²) in [7, 11) is 0. The van der Waals surface area contributed by atoms with Crippen molar-refractivity contribution < 1.29 is 76.7 Å². The molecular weight excluding hydrogens is 1740 g/mol. The van der Waals surface area contributed by atoms with Crippen LogP contribution in [0.15, 0.2) is 154 Å². The number of halogens is 2. The van der Waals surface area contributed by atoms with Gasteiger partial charge in [-0.05, 0) is 323 Å². The lowest BCUT2D eigenvalue weighted by atomic mass is 9.94. The largest absolute Gasteiger partial charge is 0.462 e. The lowest BCUT2D eigenvalue weighted by Gasteiger charge is -2.30. The summed E-state index contributed by atoms with van der Waals surface area (Å²) in [5, 5.41) is 18.1. The number of aryl methyl sites for hydroxylation is 8. The fourth-order valence-corrected chi connectivity index (χ4v) is 17.1. The summed E-state index contributed by atoms with van der Waals surface area (Å²) in [6.07, 6.45) is 43.2. The van der Waals surface area contributed by atoms with Crippen LogP contribution in [0.5, 0.6) is 0 Å². The number of benzene rings is 4. The van der Waals surface area contributed by atoms with Crippen molar-refractivity contribution in [3.63, 3.8) is 0 Å². The van der Waals surface area contributed by atoms with Gasteiger partial charge in [0, 0.05) is 84.1 Å². The quantitative estimate of drug-likeness (QED) is 0.0344. The highest BCUT2D eigenvalue weighted by Gasteiger charge is 2.29. The van der Waals surface area contributed by atoms with Crippen LogP contribution < -0.4 is 0 Å². The van der Waals surface area contributed by atoms with Gasteiger partial charge in [0.25, 0.3) is 23.6 Å². The summed E-state index contributed by atoms with van der Waals surface area (Å²) in [5.74, 6) is -1.90. The average molecular weight is 1890 g/mol. The Morgan fingerprint density at radius 2 is 0.500 bits per heavy atom. The molecule has 0 radical (unpaired) electrons. The number of cyclic esters (lactones) is 4. The van der Waals surface area contributed by atoms with Crippen molar-refractivity contribution in [1.29, 1.82) is 0 Å². The van der Waals surface area contributed by atoms with Gasteiger partial charge in [-0.1, -0.05) is 164 Å². The Morgan fingerprint density at radius 1 is 0.291 bits per heavy atom. The molecule has 134 heavy (non-hydrogen) atoms. The number of fused-ring (bicyclic) bond motifs is 4. The molecule has 0 bridgehead atoms. The number of oxime groups is 4. The van der Waals surface area contributed by atoms with E-state index < -0.39 is 11.9 Å². The molecule has 4 aliphatic rings. The van der Waals surface area contributed by atoms with Gasteiger partial charge in [-0.3, -0.25) is 19.2 Å². The second kappa shape index (κ2) is 59.7. The van der Waals surface area contributed by atoms with Crippen molar-refractivity contribution in [2.75, 3.05) is 52.9 Å². The maximum Gasteiger partial charge on any atom is 0.338 e. The molecule has 0 unspecified atom stereocenters. The molecule has 0 aliphatic carbocycles. The number of esters is 4. The van der Waals surface area contributed by atoms with Crippen LogP contribution in [0, 0.1) is 55.4 Å². The van der Waals surface area contributed by atoms with Crippen LogP contribution in [0.25, 0.3) is 0 Å². The first kappa shape index (κ1) is 114. The van der Waals surface area contributed by atoms with Crippen molar-refractivity contribution in [1.82, 2.24) is 19.6 Å². The van der Waals surface area contributed by atoms with E-state index in [4.69, 9.17) is 61.5 Å². The Bertz CT molecular complexity index is 4640. The van der Waals surface area contributed by atoms with Gasteiger partial charge in [0.1, 0.15) is 0 Å². The van der Waals surface area contributed by atoms with Crippen LogP contribution in [0.2, 0.25) is 10.0 Å². The van der Waals surface area contributed by atoms with Crippen molar-refractivity contribution >= 4 is 93.6 Å². The summed E-state index contributed by atoms with van der Waals surface area (Å²) in [5.41, 5.74) is 14.7. The van der Waals surface area contributed by atoms with E-state index >= 15 is 0 Å². The van der Waals surface area contributed by atoms with Crippen molar-refractivity contribution in [3.05, 3.63) is 233 Å². The van der Waals surface area contributed by atoms with E-state index in [0.717, 1.165) is 107 Å². The van der Waals surface area contributed by atoms with Crippen molar-refractivity contribution in [3.8, 4) is 0 Å². The van der Waals surface area contributed by atoms with Gasteiger partial charge in [-0.2, -0.15) is 0 Å². The SMILES string of the molecule is Cc1cc(C)c2c(c1)CC(=N/OCC(=O)N(C(C)C)C(C)C)/C=C/CC/C=C/CCOC2=O.Cc1cc(C)c2c(c1)CC(=N\OCC(=O)N(C(C)C)C(C)C)/C=C/CC/C=C/CCOC2=O.Cc1cc(C)c2c(c1Cl)CC(=N/OCC(=O)N(C(C)C)C(C)C)/C=C/CC/C=C/CCOC2=O.Cc1cc(C)c2c(c1Cl)CC(=N\OCC(=O)N(C(C)C)C(C)C)/C=C/CC/C=C/CCOC2=O. The monoisotopic (exact) mass is 1890 g/mol. The van der Waals surface area contributed by atoms with E-state index in [9.17, 15) is 38.4 Å². The second-order valence-corrected chi connectivity index (χ2v) is 36.9. The molecule has 4 aliphatic heterocycles. The smallest absolute Gasteiger partial charge is 0.338 e. The van der Waals surface area contributed by atoms with E-state index in [1.165, 1.54) is 0 Å². The molecule has 0 saturated heterocycles. The van der Waals surface area contributed by atoms with Gasteiger partial charge < -0.3 is 57.9 Å². The number of carbonyl (C=O) groups is 8. The van der Waals surface area contributed by atoms with Gasteiger partial charge in [-0.15, -0.1) is 0 Å². The molecule has 4 aromatic carbocycles. The Hall–Kier alpha value is -11.0. The van der Waals surface area contributed by atoms with Gasteiger partial charge in [0.15, 0.2) is 26.4 Å². The highest BCUT2D eigenvalue weighted by atomic mass is 35.5. The van der Waals surface area contributed by atoms with E-state index in [2.05, 4.69) is 57.1 Å². The summed E-state index contributed by atoms with van der Waals surface area (Å²) in [4.78, 5) is 131. The number of nitrogens with zero attached hydrogens (tertiary/aromatic N) is 8. The maximum absolute atomic E-state index is 12.9. The van der Waals surface area contributed by atoms with E-state index in [-0.39, 0.29) is 123 Å². The van der Waals surface area contributed by atoms with Crippen LogP contribution in [0.3, 0.4) is 0 Å². The lowest BCUT2D eigenvalue weighted by molar-refractivity contribution is -0.140. The molecule has 4 amide bonds. The number of amides is 4. The van der Waals surface area contributed by atoms with Crippen molar-refractivity contribution in [2.45, 2.75) is 317 Å². The standard InChI is InChI=1S/2C27H37ClN2O4.2C27H38N2O4/c2*1-18(2)30(19(3)4)24(31)17-34-29-22-13-11-9-7-8-10-12-14-33-27(32)25-20(5)15-21(6)26(28)23(25)16-22;2*1-19(2)29(20(3)4)25(30)18-33-28-24-13-11-9-7-8-10-12-14-32-27(31)26-22(6)15-21(5)16-23(26)17-24/h2*8,10-11,13,15,18-19H,7,9,12,14,16-17H2,1-6H3;2*8,10-11,13,15-16,19-20H,7,9,12,14,17-18H2,1-6H3/b10-8+,13-11+,29-22+;10-8+,13-11+,29-22-;10-8+,13-11+,28-24+;10-8+,13-11+,28-24-. The zero-order chi connectivity index (χ0) is 99.3. The van der Waals surface area contributed by atoms with Crippen LogP contribution >= 0.6 is 23.2 Å². The topological polar surface area (TPSA) is 273 Å². The zero-order valence-corrected chi connectivity index (χ0v) is 85.7. The van der Waals surface area contributed by atoms with E-state index in [1.54, 1.807) is 19.6 Å². The second-order valence-electron chi connectivity index (χ2n) is 36.2. The molecule has 0 spiro atoms. The Morgan fingerprint density at radius 3 is 0.739 bits per heavy atom. The fraction of sp³-hybridized carbons (Fsp3) is 0.519. The number of allylic oxidation sites excluding steroid dienone is 12. The normalized spacial score (nSPS) is 18.3. The third kappa shape index (κ3) is 38.4. The maximum atomic E-state index is 12.9. The van der Waals surface area contributed by atoms with Crippen LogP contribution in [0.4, 0.5) is 0 Å². The highest BCUT2D eigenvalue weighted by Crippen LogP contribution is 2.33. The van der Waals surface area contributed by atoms with Crippen LogP contribution in [-0.4, -0.2) is 191 Å². The number of rotatable bonds is 20.